The number of hydrogen-bond acceptors (Lipinski definition) is 6. The molecule has 0 spiro atoms. The molecule has 0 radical (unpaired) electrons. The van der Waals surface area contributed by atoms with Crippen molar-refractivity contribution in [2.45, 2.75) is 44.7 Å². The van der Waals surface area contributed by atoms with E-state index in [1.165, 1.54) is 48.1 Å². The van der Waals surface area contributed by atoms with E-state index in [4.69, 9.17) is 19.7 Å². The number of anilines is 1. The molecule has 1 unspecified atom stereocenters. The van der Waals surface area contributed by atoms with Crippen LogP contribution in [-0.2, 0) is 22.4 Å². The van der Waals surface area contributed by atoms with E-state index in [-0.39, 0.29) is 0 Å². The highest BCUT2D eigenvalue weighted by molar-refractivity contribution is 5.89. The van der Waals surface area contributed by atoms with Gasteiger partial charge in [0.05, 0.1) is 5.69 Å². The predicted octanol–water partition coefficient (Wildman–Crippen LogP) is 3.20. The molecule has 1 saturated heterocycles. The van der Waals surface area contributed by atoms with Crippen LogP contribution in [0.2, 0.25) is 0 Å². The topological polar surface area (TPSA) is 108 Å². The van der Waals surface area contributed by atoms with Gasteiger partial charge in [0.25, 0.3) is 0 Å². The summed E-state index contributed by atoms with van der Waals surface area (Å²) in [5, 5.41) is 19.6. The highest BCUT2D eigenvalue weighted by Gasteiger charge is 2.28. The maximum atomic E-state index is 9.55. The number of rotatable bonds is 5. The quantitative estimate of drug-likeness (QED) is 0.560. The molecule has 8 nitrogen and oxygen atoms in total. The van der Waals surface area contributed by atoms with Gasteiger partial charge in [-0.2, -0.15) is 0 Å². The van der Waals surface area contributed by atoms with Crippen LogP contribution in [0.5, 0.6) is 11.5 Å². The van der Waals surface area contributed by atoms with Gasteiger partial charge in [0.15, 0.2) is 11.5 Å². The van der Waals surface area contributed by atoms with Gasteiger partial charge < -0.3 is 29.9 Å². The van der Waals surface area contributed by atoms with Crippen molar-refractivity contribution in [3.63, 3.8) is 0 Å². The molecule has 3 aliphatic rings. The number of nitrogens with zero attached hydrogens (tertiary/aromatic N) is 1. The summed E-state index contributed by atoms with van der Waals surface area (Å²) in [6.07, 6.45) is 5.82. The van der Waals surface area contributed by atoms with Crippen LogP contribution in [0, 0.1) is 6.92 Å². The van der Waals surface area contributed by atoms with Crippen LogP contribution in [0.1, 0.15) is 29.5 Å². The summed E-state index contributed by atoms with van der Waals surface area (Å²) >= 11 is 0. The van der Waals surface area contributed by atoms with E-state index in [1.807, 2.05) is 6.07 Å². The van der Waals surface area contributed by atoms with Crippen LogP contribution >= 0.6 is 0 Å². The number of ether oxygens (including phenoxy) is 2. The first-order valence-corrected chi connectivity index (χ1v) is 12.0. The molecular weight excluding hydrogens is 448 g/mol. The number of benzene rings is 2. The summed E-state index contributed by atoms with van der Waals surface area (Å²) in [6, 6.07) is 14.4. The third-order valence-electron chi connectivity index (χ3n) is 6.52. The maximum Gasteiger partial charge on any atom is 0.328 e. The number of carbonyl (C=O) groups is 2. The second-order valence-corrected chi connectivity index (χ2v) is 9.12. The fraction of sp³-hybridized carbons (Fsp3) is 0.407. The van der Waals surface area contributed by atoms with Crippen molar-refractivity contribution in [1.82, 2.24) is 5.32 Å². The molecule has 2 aromatic carbocycles. The molecule has 0 saturated carbocycles. The molecule has 1 fully saturated rings. The molecular formula is C27H32N2O6. The fourth-order valence-corrected chi connectivity index (χ4v) is 4.94. The molecule has 2 aromatic rings. The van der Waals surface area contributed by atoms with Gasteiger partial charge in [-0.1, -0.05) is 29.8 Å². The SMILES string of the molecule is Cc1ccc2c(c1)CC(NC1CCN(c3cccc4c3OCCO4)CC1)C2.O=C(O)/C=C/C(=O)O. The number of para-hydroxylation sites is 1. The Labute approximate surface area is 205 Å². The zero-order chi connectivity index (χ0) is 24.8. The second-order valence-electron chi connectivity index (χ2n) is 9.12. The molecule has 1 aliphatic carbocycles. The van der Waals surface area contributed by atoms with Gasteiger partial charge in [-0.25, -0.2) is 9.59 Å². The van der Waals surface area contributed by atoms with Gasteiger partial charge in [-0.15, -0.1) is 0 Å². The summed E-state index contributed by atoms with van der Waals surface area (Å²) in [7, 11) is 0. The maximum absolute atomic E-state index is 9.55. The van der Waals surface area contributed by atoms with Crippen molar-refractivity contribution in [2.24, 2.45) is 0 Å². The Morgan fingerprint density at radius 3 is 2.34 bits per heavy atom. The Hall–Kier alpha value is -3.52. The summed E-state index contributed by atoms with van der Waals surface area (Å²) in [5.74, 6) is -0.699. The molecule has 5 rings (SSSR count). The minimum absolute atomic E-state index is 0.558. The van der Waals surface area contributed by atoms with Crippen LogP contribution in [0.4, 0.5) is 5.69 Å². The van der Waals surface area contributed by atoms with Crippen molar-refractivity contribution in [3.8, 4) is 11.5 Å². The Bertz CT molecular complexity index is 1080. The fourth-order valence-electron chi connectivity index (χ4n) is 4.94. The van der Waals surface area contributed by atoms with E-state index in [1.54, 1.807) is 0 Å². The smallest absolute Gasteiger partial charge is 0.328 e. The third kappa shape index (κ3) is 6.54. The molecule has 35 heavy (non-hydrogen) atoms. The minimum atomic E-state index is -1.26. The first-order chi connectivity index (χ1) is 16.9. The normalized spacial score (nSPS) is 19.1. The lowest BCUT2D eigenvalue weighted by Crippen LogP contribution is -2.46. The molecule has 2 heterocycles. The molecule has 2 aliphatic heterocycles. The van der Waals surface area contributed by atoms with Gasteiger partial charge >= 0.3 is 11.9 Å². The van der Waals surface area contributed by atoms with Crippen molar-refractivity contribution in [3.05, 3.63) is 65.2 Å². The molecule has 186 valence electrons. The van der Waals surface area contributed by atoms with E-state index >= 15 is 0 Å². The van der Waals surface area contributed by atoms with Crippen LogP contribution in [0.15, 0.2) is 48.6 Å². The average Bonchev–Trinajstić information content (AvgIpc) is 3.24. The number of hydrogen-bond donors (Lipinski definition) is 3. The molecule has 8 heteroatoms. The minimum Gasteiger partial charge on any atom is -0.486 e. The number of carboxylic acid groups (broad SMARTS) is 2. The first kappa shape index (κ1) is 24.6. The van der Waals surface area contributed by atoms with E-state index in [0.717, 1.165) is 24.6 Å². The van der Waals surface area contributed by atoms with Crippen molar-refractivity contribution >= 4 is 17.6 Å². The van der Waals surface area contributed by atoms with Crippen molar-refractivity contribution in [2.75, 3.05) is 31.2 Å². The lowest BCUT2D eigenvalue weighted by Gasteiger charge is -2.36. The summed E-state index contributed by atoms with van der Waals surface area (Å²) < 4.78 is 11.6. The number of piperidine rings is 1. The molecule has 0 amide bonds. The number of nitrogens with one attached hydrogen (secondary N) is 1. The van der Waals surface area contributed by atoms with Gasteiger partial charge in [0.1, 0.15) is 13.2 Å². The predicted molar refractivity (Wildman–Crippen MR) is 133 cm³/mol. The van der Waals surface area contributed by atoms with Crippen LogP contribution in [0.25, 0.3) is 0 Å². The van der Waals surface area contributed by atoms with E-state index in [0.29, 0.717) is 37.4 Å². The van der Waals surface area contributed by atoms with E-state index in [9.17, 15) is 9.59 Å². The number of fused-ring (bicyclic) bond motifs is 2. The van der Waals surface area contributed by atoms with Crippen molar-refractivity contribution < 1.29 is 29.3 Å². The van der Waals surface area contributed by atoms with E-state index < -0.39 is 11.9 Å². The number of aliphatic carboxylic acids is 2. The van der Waals surface area contributed by atoms with Crippen molar-refractivity contribution in [1.29, 1.82) is 0 Å². The zero-order valence-corrected chi connectivity index (χ0v) is 19.9. The molecule has 0 bridgehead atoms. The van der Waals surface area contributed by atoms with Crippen LogP contribution < -0.4 is 19.7 Å². The third-order valence-corrected chi connectivity index (χ3v) is 6.52. The van der Waals surface area contributed by atoms with Gasteiger partial charge in [-0.05, 0) is 55.9 Å². The lowest BCUT2D eigenvalue weighted by molar-refractivity contribution is -0.134. The Morgan fingerprint density at radius 2 is 1.63 bits per heavy atom. The molecule has 1 atom stereocenters. The highest BCUT2D eigenvalue weighted by Crippen LogP contribution is 2.40. The highest BCUT2D eigenvalue weighted by atomic mass is 16.6. The summed E-state index contributed by atoms with van der Waals surface area (Å²) in [5.41, 5.74) is 5.64. The standard InChI is InChI=1S/C23H28N2O2.C4H4O4/c1-16-5-6-17-14-20(15-18(17)13-16)24-19-7-9-25(10-8-19)21-3-2-4-22-23(21)27-12-11-26-22;5-3(6)1-2-4(7)8/h2-6,13,19-20,24H,7-12,14-15H2,1H3;1-2H,(H,5,6)(H,7,8)/b;2-1+. The lowest BCUT2D eigenvalue weighted by atomic mass is 10.0. The molecule has 3 N–H and O–H groups in total. The van der Waals surface area contributed by atoms with Crippen LogP contribution in [0.3, 0.4) is 0 Å². The Morgan fingerprint density at radius 1 is 0.943 bits per heavy atom. The number of carboxylic acids is 2. The summed E-state index contributed by atoms with van der Waals surface area (Å²) in [6.45, 7) is 5.61. The van der Waals surface area contributed by atoms with E-state index in [2.05, 4.69) is 47.5 Å². The van der Waals surface area contributed by atoms with Gasteiger partial charge in [0.2, 0.25) is 0 Å². The number of aryl methyl sites for hydroxylation is 1. The molecule has 0 aromatic heterocycles. The first-order valence-electron chi connectivity index (χ1n) is 12.0. The Balaban J connectivity index is 0.000000314. The Kier molecular flexibility index (Phi) is 7.92. The largest absolute Gasteiger partial charge is 0.486 e. The monoisotopic (exact) mass is 480 g/mol. The zero-order valence-electron chi connectivity index (χ0n) is 19.9. The second kappa shape index (κ2) is 11.3. The van der Waals surface area contributed by atoms with Gasteiger partial charge in [0, 0.05) is 37.3 Å². The average molecular weight is 481 g/mol. The van der Waals surface area contributed by atoms with Crippen LogP contribution in [-0.4, -0.2) is 60.5 Å². The van der Waals surface area contributed by atoms with Gasteiger partial charge in [-0.3, -0.25) is 0 Å². The summed E-state index contributed by atoms with van der Waals surface area (Å²) in [4.78, 5) is 21.6.